The van der Waals surface area contributed by atoms with Gasteiger partial charge in [0.05, 0.1) is 10.0 Å². The summed E-state index contributed by atoms with van der Waals surface area (Å²) >= 11 is 7.16. The van der Waals surface area contributed by atoms with E-state index in [0.717, 1.165) is 15.6 Å². The van der Waals surface area contributed by atoms with E-state index >= 15 is 0 Å². The molecule has 0 amide bonds. The number of rotatable bonds is 1. The van der Waals surface area contributed by atoms with Gasteiger partial charge in [-0.05, 0) is 13.0 Å². The lowest BCUT2D eigenvalue weighted by Gasteiger charge is -1.89. The molecule has 0 aromatic carbocycles. The van der Waals surface area contributed by atoms with Gasteiger partial charge in [-0.25, -0.2) is 0 Å². The number of hydrazone groups is 1. The van der Waals surface area contributed by atoms with Crippen molar-refractivity contribution in [3.05, 3.63) is 21.3 Å². The van der Waals surface area contributed by atoms with E-state index in [4.69, 9.17) is 17.4 Å². The van der Waals surface area contributed by atoms with Crippen LogP contribution in [0.25, 0.3) is 0 Å². The summed E-state index contributed by atoms with van der Waals surface area (Å²) in [5.41, 5.74) is 1.81. The Morgan fingerprint density at radius 2 is 2.50 bits per heavy atom. The van der Waals surface area contributed by atoms with Crippen LogP contribution >= 0.6 is 22.9 Å². The summed E-state index contributed by atoms with van der Waals surface area (Å²) in [5, 5.41) is 5.46. The van der Waals surface area contributed by atoms with Crippen LogP contribution in [0.1, 0.15) is 12.5 Å². The van der Waals surface area contributed by atoms with Gasteiger partial charge in [0, 0.05) is 10.9 Å². The van der Waals surface area contributed by atoms with E-state index in [1.165, 1.54) is 11.3 Å². The zero-order valence-electron chi connectivity index (χ0n) is 5.47. The zero-order chi connectivity index (χ0) is 7.56. The fourth-order valence-corrected chi connectivity index (χ4v) is 1.50. The molecule has 54 valence electrons. The normalized spacial score (nSPS) is 12.0. The molecule has 0 saturated heterocycles. The second-order valence-electron chi connectivity index (χ2n) is 1.85. The highest BCUT2D eigenvalue weighted by Gasteiger charge is 1.98. The molecule has 2 nitrogen and oxygen atoms in total. The van der Waals surface area contributed by atoms with Crippen molar-refractivity contribution in [3.8, 4) is 0 Å². The van der Waals surface area contributed by atoms with Crippen molar-refractivity contribution in [1.82, 2.24) is 0 Å². The van der Waals surface area contributed by atoms with Crippen LogP contribution in [0, 0.1) is 0 Å². The molecule has 10 heavy (non-hydrogen) atoms. The maximum Gasteiger partial charge on any atom is 0.0935 e. The molecular formula is C6H7ClN2S. The van der Waals surface area contributed by atoms with E-state index < -0.39 is 0 Å². The summed E-state index contributed by atoms with van der Waals surface area (Å²) in [6.45, 7) is 1.85. The molecule has 0 spiro atoms. The first kappa shape index (κ1) is 7.57. The van der Waals surface area contributed by atoms with Gasteiger partial charge >= 0.3 is 0 Å². The number of hydrogen-bond donors (Lipinski definition) is 1. The first-order valence-electron chi connectivity index (χ1n) is 2.73. The highest BCUT2D eigenvalue weighted by atomic mass is 35.5. The molecule has 4 heteroatoms. The molecule has 0 aliphatic carbocycles. The second-order valence-corrected chi connectivity index (χ2v) is 3.40. The molecular weight excluding hydrogens is 168 g/mol. The average Bonchev–Trinajstić information content (AvgIpc) is 2.34. The van der Waals surface area contributed by atoms with Crippen LogP contribution in [-0.2, 0) is 0 Å². The minimum absolute atomic E-state index is 0.762. The smallest absolute Gasteiger partial charge is 0.0935 e. The lowest BCUT2D eigenvalue weighted by Crippen LogP contribution is -1.95. The third-order valence-electron chi connectivity index (χ3n) is 1.18. The van der Waals surface area contributed by atoms with Gasteiger partial charge in [0.1, 0.15) is 0 Å². The summed E-state index contributed by atoms with van der Waals surface area (Å²) in [7, 11) is 0. The Labute approximate surface area is 68.3 Å². The fraction of sp³-hybridized carbons (Fsp3) is 0.167. The Hall–Kier alpha value is -0.540. The van der Waals surface area contributed by atoms with Crippen molar-refractivity contribution in [1.29, 1.82) is 0 Å². The Kier molecular flexibility index (Phi) is 2.29. The van der Waals surface area contributed by atoms with Crippen LogP contribution in [-0.4, -0.2) is 5.71 Å². The van der Waals surface area contributed by atoms with Gasteiger partial charge in [0.15, 0.2) is 0 Å². The molecule has 0 aliphatic rings. The Balaban J connectivity index is 2.95. The Morgan fingerprint density at radius 3 is 2.90 bits per heavy atom. The van der Waals surface area contributed by atoms with Gasteiger partial charge in [-0.3, -0.25) is 0 Å². The standard InChI is InChI=1S/C6H7ClN2S/c1-4(9-8)5-2-6(7)10-3-5/h2-3H,8H2,1H3/b9-4+. The molecule has 0 aliphatic heterocycles. The van der Waals surface area contributed by atoms with Crippen LogP contribution in [0.2, 0.25) is 4.34 Å². The van der Waals surface area contributed by atoms with Crippen LogP contribution in [0.4, 0.5) is 0 Å². The largest absolute Gasteiger partial charge is 0.323 e. The highest BCUT2D eigenvalue weighted by Crippen LogP contribution is 2.19. The monoisotopic (exact) mass is 174 g/mol. The molecule has 1 rings (SSSR count). The first-order chi connectivity index (χ1) is 4.74. The molecule has 2 N–H and O–H groups in total. The minimum Gasteiger partial charge on any atom is -0.323 e. The maximum absolute atomic E-state index is 5.68. The average molecular weight is 175 g/mol. The fourth-order valence-electron chi connectivity index (χ4n) is 0.574. The molecule has 0 radical (unpaired) electrons. The van der Waals surface area contributed by atoms with E-state index in [1.54, 1.807) is 0 Å². The van der Waals surface area contributed by atoms with Crippen LogP contribution < -0.4 is 5.84 Å². The van der Waals surface area contributed by atoms with E-state index in [0.29, 0.717) is 0 Å². The number of thiophene rings is 1. The van der Waals surface area contributed by atoms with Crippen LogP contribution in [0.5, 0.6) is 0 Å². The number of hydrogen-bond acceptors (Lipinski definition) is 3. The molecule has 0 bridgehead atoms. The van der Waals surface area contributed by atoms with Crippen molar-refractivity contribution >= 4 is 28.6 Å². The van der Waals surface area contributed by atoms with Crippen LogP contribution in [0.3, 0.4) is 0 Å². The predicted octanol–water partition coefficient (Wildman–Crippen LogP) is 2.08. The predicted molar refractivity (Wildman–Crippen MR) is 45.7 cm³/mol. The van der Waals surface area contributed by atoms with Crippen molar-refractivity contribution in [2.24, 2.45) is 10.9 Å². The van der Waals surface area contributed by atoms with Gasteiger partial charge in [0.25, 0.3) is 0 Å². The quantitative estimate of drug-likeness (QED) is 0.395. The topological polar surface area (TPSA) is 38.4 Å². The van der Waals surface area contributed by atoms with Crippen LogP contribution in [0.15, 0.2) is 16.5 Å². The molecule has 1 aromatic heterocycles. The number of nitrogens with zero attached hydrogens (tertiary/aromatic N) is 1. The lowest BCUT2D eigenvalue weighted by atomic mass is 10.2. The van der Waals surface area contributed by atoms with Gasteiger partial charge in [-0.15, -0.1) is 11.3 Å². The third-order valence-corrected chi connectivity index (χ3v) is 2.27. The summed E-state index contributed by atoms with van der Waals surface area (Å²) in [4.78, 5) is 0. The van der Waals surface area contributed by atoms with Crippen molar-refractivity contribution in [2.75, 3.05) is 0 Å². The van der Waals surface area contributed by atoms with Crippen molar-refractivity contribution in [2.45, 2.75) is 6.92 Å². The zero-order valence-corrected chi connectivity index (χ0v) is 7.04. The van der Waals surface area contributed by atoms with Gasteiger partial charge in [-0.2, -0.15) is 5.10 Å². The van der Waals surface area contributed by atoms with Gasteiger partial charge < -0.3 is 5.84 Å². The first-order valence-corrected chi connectivity index (χ1v) is 3.98. The highest BCUT2D eigenvalue weighted by molar-refractivity contribution is 7.14. The van der Waals surface area contributed by atoms with E-state index in [2.05, 4.69) is 5.10 Å². The Morgan fingerprint density at radius 1 is 1.80 bits per heavy atom. The SMILES string of the molecule is C/C(=N\N)c1csc(Cl)c1. The molecule has 0 saturated carbocycles. The maximum atomic E-state index is 5.68. The third kappa shape index (κ3) is 1.49. The van der Waals surface area contributed by atoms with Crippen molar-refractivity contribution in [3.63, 3.8) is 0 Å². The van der Waals surface area contributed by atoms with E-state index in [-0.39, 0.29) is 0 Å². The van der Waals surface area contributed by atoms with Gasteiger partial charge in [-0.1, -0.05) is 11.6 Å². The summed E-state index contributed by atoms with van der Waals surface area (Å²) < 4.78 is 0.762. The summed E-state index contributed by atoms with van der Waals surface area (Å²) in [6.07, 6.45) is 0. The molecule has 0 atom stereocenters. The van der Waals surface area contributed by atoms with E-state index in [9.17, 15) is 0 Å². The minimum atomic E-state index is 0.762. The van der Waals surface area contributed by atoms with Crippen molar-refractivity contribution < 1.29 is 0 Å². The summed E-state index contributed by atoms with van der Waals surface area (Å²) in [6, 6.07) is 1.85. The lowest BCUT2D eigenvalue weighted by molar-refractivity contribution is 1.24. The number of halogens is 1. The molecule has 1 aromatic rings. The van der Waals surface area contributed by atoms with Gasteiger partial charge in [0.2, 0.25) is 0 Å². The molecule has 0 unspecified atom stereocenters. The Bertz CT molecular complexity index is 254. The van der Waals surface area contributed by atoms with E-state index in [1.807, 2.05) is 18.4 Å². The molecule has 0 fully saturated rings. The second kappa shape index (κ2) is 3.03. The summed E-state index contributed by atoms with van der Waals surface area (Å²) in [5.74, 6) is 5.06. The number of nitrogens with two attached hydrogens (primary N) is 1. The molecule has 1 heterocycles.